The summed E-state index contributed by atoms with van der Waals surface area (Å²) in [7, 11) is 1.87. The number of benzene rings is 1. The zero-order chi connectivity index (χ0) is 15.2. The maximum Gasteiger partial charge on any atom is 0.230 e. The van der Waals surface area contributed by atoms with Crippen molar-refractivity contribution in [3.63, 3.8) is 0 Å². The van der Waals surface area contributed by atoms with Crippen LogP contribution in [-0.4, -0.2) is 33.0 Å². The van der Waals surface area contributed by atoms with Gasteiger partial charge >= 0.3 is 0 Å². The van der Waals surface area contributed by atoms with Crippen LogP contribution >= 0.6 is 11.8 Å². The molecular weight excluding hydrogens is 291 g/mol. The number of aromatic nitrogens is 3. The normalized spacial score (nSPS) is 10.6. The van der Waals surface area contributed by atoms with Crippen molar-refractivity contribution in [1.29, 1.82) is 0 Å². The summed E-state index contributed by atoms with van der Waals surface area (Å²) in [5, 5.41) is 11.5. The number of aryl methyl sites for hydroxylation is 1. The lowest BCUT2D eigenvalue weighted by atomic mass is 10.1. The van der Waals surface area contributed by atoms with Crippen molar-refractivity contribution in [2.24, 2.45) is 7.05 Å². The number of nitrogens with zero attached hydrogens (tertiary/aromatic N) is 3. The highest BCUT2D eigenvalue weighted by atomic mass is 32.2. The molecule has 0 bridgehead atoms. The van der Waals surface area contributed by atoms with Crippen molar-refractivity contribution >= 4 is 17.7 Å². The van der Waals surface area contributed by atoms with Gasteiger partial charge in [-0.1, -0.05) is 23.9 Å². The molecule has 1 N–H and O–H groups in total. The van der Waals surface area contributed by atoms with E-state index >= 15 is 0 Å². The molecule has 0 aliphatic heterocycles. The second-order valence-electron chi connectivity index (χ2n) is 4.60. The molecule has 0 aliphatic rings. The maximum atomic E-state index is 12.7. The van der Waals surface area contributed by atoms with Crippen molar-refractivity contribution in [3.8, 4) is 0 Å². The Hall–Kier alpha value is -1.89. The van der Waals surface area contributed by atoms with Gasteiger partial charge in [-0.05, 0) is 31.0 Å². The quantitative estimate of drug-likeness (QED) is 0.825. The number of carbonyl (C=O) groups excluding carboxylic acids is 1. The van der Waals surface area contributed by atoms with E-state index in [4.69, 9.17) is 0 Å². The highest BCUT2D eigenvalue weighted by molar-refractivity contribution is 7.99. The van der Waals surface area contributed by atoms with Crippen LogP contribution in [0.25, 0.3) is 0 Å². The van der Waals surface area contributed by atoms with E-state index in [0.29, 0.717) is 18.7 Å². The Morgan fingerprint density at radius 1 is 1.33 bits per heavy atom. The molecule has 112 valence electrons. The number of thioether (sulfide) groups is 1. The van der Waals surface area contributed by atoms with E-state index < -0.39 is 0 Å². The number of hydrogen-bond acceptors (Lipinski definition) is 4. The van der Waals surface area contributed by atoms with Crippen molar-refractivity contribution in [1.82, 2.24) is 20.1 Å². The number of nitrogens with one attached hydrogen (secondary N) is 1. The van der Waals surface area contributed by atoms with E-state index in [9.17, 15) is 9.18 Å². The first-order valence-corrected chi connectivity index (χ1v) is 7.55. The zero-order valence-electron chi connectivity index (χ0n) is 12.0. The molecule has 0 saturated heterocycles. The lowest BCUT2D eigenvalue weighted by Gasteiger charge is -2.05. The number of carbonyl (C=O) groups is 1. The molecule has 1 heterocycles. The Labute approximate surface area is 127 Å². The summed E-state index contributed by atoms with van der Waals surface area (Å²) in [6.45, 7) is 2.39. The summed E-state index contributed by atoms with van der Waals surface area (Å²) in [6, 6.07) is 6.28. The molecule has 1 aromatic heterocycles. The zero-order valence-corrected chi connectivity index (χ0v) is 12.8. The smallest absolute Gasteiger partial charge is 0.230 e. The average molecular weight is 308 g/mol. The largest absolute Gasteiger partial charge is 0.355 e. The summed E-state index contributed by atoms with van der Waals surface area (Å²) >= 11 is 1.35. The first-order chi connectivity index (χ1) is 10.1. The first kappa shape index (κ1) is 15.5. The van der Waals surface area contributed by atoms with Crippen LogP contribution in [0.3, 0.4) is 0 Å². The van der Waals surface area contributed by atoms with Gasteiger partial charge in [0.05, 0.1) is 5.75 Å². The predicted octanol–water partition coefficient (Wildman–Crippen LogP) is 1.71. The van der Waals surface area contributed by atoms with E-state index in [1.807, 2.05) is 18.5 Å². The third-order valence-electron chi connectivity index (χ3n) is 3.03. The fourth-order valence-electron chi connectivity index (χ4n) is 1.69. The summed E-state index contributed by atoms with van der Waals surface area (Å²) < 4.78 is 14.6. The summed E-state index contributed by atoms with van der Waals surface area (Å²) in [4.78, 5) is 11.7. The summed E-state index contributed by atoms with van der Waals surface area (Å²) in [5.74, 6) is 0.810. The second kappa shape index (κ2) is 7.21. The van der Waals surface area contributed by atoms with Gasteiger partial charge in [0, 0.05) is 13.6 Å². The van der Waals surface area contributed by atoms with Crippen LogP contribution < -0.4 is 5.32 Å². The highest BCUT2D eigenvalue weighted by Crippen LogP contribution is 2.14. The van der Waals surface area contributed by atoms with Gasteiger partial charge in [-0.25, -0.2) is 4.39 Å². The number of hydrogen-bond donors (Lipinski definition) is 1. The van der Waals surface area contributed by atoms with Crippen molar-refractivity contribution in [2.45, 2.75) is 18.5 Å². The van der Waals surface area contributed by atoms with Gasteiger partial charge in [0.1, 0.15) is 11.6 Å². The van der Waals surface area contributed by atoms with E-state index in [1.54, 1.807) is 12.1 Å². The van der Waals surface area contributed by atoms with Gasteiger partial charge in [0.15, 0.2) is 5.16 Å². The molecule has 2 aromatic rings. The Balaban J connectivity index is 1.70. The Kier molecular flexibility index (Phi) is 5.32. The first-order valence-electron chi connectivity index (χ1n) is 6.56. The SMILES string of the molecule is Cc1nnc(SCC(=O)NCCc2ccc(F)cc2)n1C. The number of amides is 1. The van der Waals surface area contributed by atoms with Crippen LogP contribution in [0.4, 0.5) is 4.39 Å². The van der Waals surface area contributed by atoms with Crippen LogP contribution in [0.2, 0.25) is 0 Å². The predicted molar refractivity (Wildman–Crippen MR) is 79.6 cm³/mol. The Morgan fingerprint density at radius 2 is 2.05 bits per heavy atom. The molecule has 0 saturated carbocycles. The molecule has 2 rings (SSSR count). The maximum absolute atomic E-state index is 12.7. The van der Waals surface area contributed by atoms with Gasteiger partial charge < -0.3 is 9.88 Å². The minimum absolute atomic E-state index is 0.0530. The summed E-state index contributed by atoms with van der Waals surface area (Å²) in [6.07, 6.45) is 0.680. The Morgan fingerprint density at radius 3 is 2.67 bits per heavy atom. The lowest BCUT2D eigenvalue weighted by molar-refractivity contribution is -0.118. The minimum Gasteiger partial charge on any atom is -0.355 e. The lowest BCUT2D eigenvalue weighted by Crippen LogP contribution is -2.27. The van der Waals surface area contributed by atoms with Crippen LogP contribution in [0.5, 0.6) is 0 Å². The fourth-order valence-corrected chi connectivity index (χ4v) is 2.48. The minimum atomic E-state index is -0.252. The topological polar surface area (TPSA) is 59.8 Å². The van der Waals surface area contributed by atoms with Crippen LogP contribution in [0.1, 0.15) is 11.4 Å². The fraction of sp³-hybridized carbons (Fsp3) is 0.357. The van der Waals surface area contributed by atoms with E-state index in [2.05, 4.69) is 15.5 Å². The highest BCUT2D eigenvalue weighted by Gasteiger charge is 2.08. The van der Waals surface area contributed by atoms with Gasteiger partial charge in [-0.3, -0.25) is 4.79 Å². The van der Waals surface area contributed by atoms with Gasteiger partial charge in [-0.2, -0.15) is 0 Å². The Bertz CT molecular complexity index is 612. The number of rotatable bonds is 6. The molecule has 5 nitrogen and oxygen atoms in total. The second-order valence-corrected chi connectivity index (χ2v) is 5.55. The van der Waals surface area contributed by atoms with Crippen LogP contribution in [0, 0.1) is 12.7 Å². The van der Waals surface area contributed by atoms with Crippen LogP contribution in [0.15, 0.2) is 29.4 Å². The number of halogens is 1. The molecule has 7 heteroatoms. The average Bonchev–Trinajstić information content (AvgIpc) is 2.79. The molecule has 0 fully saturated rings. The molecule has 21 heavy (non-hydrogen) atoms. The monoisotopic (exact) mass is 308 g/mol. The molecule has 0 aliphatic carbocycles. The van der Waals surface area contributed by atoms with E-state index in [-0.39, 0.29) is 11.7 Å². The van der Waals surface area contributed by atoms with Gasteiger partial charge in [0.2, 0.25) is 5.91 Å². The molecular formula is C14H17FN4OS. The van der Waals surface area contributed by atoms with Gasteiger partial charge in [-0.15, -0.1) is 10.2 Å². The molecule has 1 aromatic carbocycles. The summed E-state index contributed by atoms with van der Waals surface area (Å²) in [5.41, 5.74) is 0.994. The molecule has 0 unspecified atom stereocenters. The van der Waals surface area contributed by atoms with E-state index in [1.165, 1.54) is 23.9 Å². The van der Waals surface area contributed by atoms with Crippen LogP contribution in [-0.2, 0) is 18.3 Å². The van der Waals surface area contributed by atoms with Crippen molar-refractivity contribution < 1.29 is 9.18 Å². The van der Waals surface area contributed by atoms with Crippen molar-refractivity contribution in [2.75, 3.05) is 12.3 Å². The molecule has 0 radical (unpaired) electrons. The molecule has 0 spiro atoms. The molecule has 0 atom stereocenters. The third-order valence-corrected chi connectivity index (χ3v) is 4.05. The standard InChI is InChI=1S/C14H17FN4OS/c1-10-17-18-14(19(10)2)21-9-13(20)16-8-7-11-3-5-12(15)6-4-11/h3-6H,7-9H2,1-2H3,(H,16,20). The van der Waals surface area contributed by atoms with Gasteiger partial charge in [0.25, 0.3) is 0 Å². The third kappa shape index (κ3) is 4.56. The van der Waals surface area contributed by atoms with Crippen molar-refractivity contribution in [3.05, 3.63) is 41.5 Å². The molecule has 1 amide bonds. The van der Waals surface area contributed by atoms with E-state index in [0.717, 1.165) is 16.5 Å².